The minimum Gasteiger partial charge on any atom is -0.506 e. The number of phenolic OH excluding ortho intramolecular Hbond substituents is 1. The molecular weight excluding hydrogens is 438 g/mol. The van der Waals surface area contributed by atoms with E-state index in [-0.39, 0.29) is 17.4 Å². The standard InChI is InChI=1S/C25H19N3O4S/c29-19-7-2-1-6-18(19)28-23(22(27-25(28)33)17-5-3-4-14-26-17)21-13-12-20(32-21)15-8-10-16(11-9-15)24(30)31/h1-14,22-23,29H,(H,27,33)(H,30,31)/t22-,23-/m0/s1. The third-order valence-corrected chi connectivity index (χ3v) is 5.89. The number of rotatable bonds is 5. The second-order valence-electron chi connectivity index (χ2n) is 7.57. The molecule has 1 saturated heterocycles. The minimum absolute atomic E-state index is 0.101. The molecule has 33 heavy (non-hydrogen) atoms. The van der Waals surface area contributed by atoms with Gasteiger partial charge in [0.25, 0.3) is 0 Å². The molecule has 0 saturated carbocycles. The summed E-state index contributed by atoms with van der Waals surface area (Å²) in [5.41, 5.74) is 2.30. The molecule has 4 aromatic rings. The van der Waals surface area contributed by atoms with Crippen molar-refractivity contribution in [1.82, 2.24) is 10.3 Å². The van der Waals surface area contributed by atoms with Gasteiger partial charge in [-0.15, -0.1) is 0 Å². The first-order valence-corrected chi connectivity index (χ1v) is 10.7. The van der Waals surface area contributed by atoms with Crippen molar-refractivity contribution in [2.45, 2.75) is 12.1 Å². The molecule has 0 unspecified atom stereocenters. The molecule has 1 aliphatic rings. The van der Waals surface area contributed by atoms with Gasteiger partial charge < -0.3 is 24.8 Å². The van der Waals surface area contributed by atoms with Gasteiger partial charge in [-0.2, -0.15) is 0 Å². The van der Waals surface area contributed by atoms with Crippen molar-refractivity contribution >= 4 is 29.0 Å². The number of nitrogens with zero attached hydrogens (tertiary/aromatic N) is 2. The Bertz CT molecular complexity index is 1320. The maximum atomic E-state index is 11.2. The van der Waals surface area contributed by atoms with Crippen LogP contribution in [0.15, 0.2) is 89.5 Å². The number of hydrogen-bond acceptors (Lipinski definition) is 5. The normalized spacial score (nSPS) is 17.7. The first-order chi connectivity index (χ1) is 16.0. The SMILES string of the molecule is O=C(O)c1ccc(-c2ccc([C@H]3[C@H](c4ccccn4)NC(=S)N3c3ccccc3O)o2)cc1. The highest BCUT2D eigenvalue weighted by Gasteiger charge is 2.43. The Morgan fingerprint density at radius 2 is 1.76 bits per heavy atom. The lowest BCUT2D eigenvalue weighted by atomic mass is 10.0. The number of para-hydroxylation sites is 2. The number of anilines is 1. The van der Waals surface area contributed by atoms with Crippen LogP contribution in [0.4, 0.5) is 5.69 Å². The van der Waals surface area contributed by atoms with Gasteiger partial charge in [0.15, 0.2) is 5.11 Å². The lowest BCUT2D eigenvalue weighted by molar-refractivity contribution is 0.0697. The first-order valence-electron chi connectivity index (χ1n) is 10.2. The smallest absolute Gasteiger partial charge is 0.335 e. The van der Waals surface area contributed by atoms with Crippen LogP contribution in [0, 0.1) is 0 Å². The van der Waals surface area contributed by atoms with E-state index in [1.807, 2.05) is 41.3 Å². The van der Waals surface area contributed by atoms with Crippen LogP contribution >= 0.6 is 12.2 Å². The van der Waals surface area contributed by atoms with Crippen molar-refractivity contribution in [3.05, 3.63) is 102 Å². The van der Waals surface area contributed by atoms with E-state index >= 15 is 0 Å². The lowest BCUT2D eigenvalue weighted by Crippen LogP contribution is -2.29. The minimum atomic E-state index is -0.983. The molecule has 0 spiro atoms. The molecule has 164 valence electrons. The number of furan rings is 1. The highest BCUT2D eigenvalue weighted by molar-refractivity contribution is 7.80. The van der Waals surface area contributed by atoms with E-state index in [2.05, 4.69) is 10.3 Å². The summed E-state index contributed by atoms with van der Waals surface area (Å²) in [6, 6.07) is 22.1. The fraction of sp³-hybridized carbons (Fsp3) is 0.0800. The number of carboxylic acids is 1. The molecule has 5 rings (SSSR count). The number of phenols is 1. The van der Waals surface area contributed by atoms with Crippen LogP contribution in [-0.2, 0) is 0 Å². The van der Waals surface area contributed by atoms with Gasteiger partial charge in [-0.3, -0.25) is 4.98 Å². The lowest BCUT2D eigenvalue weighted by Gasteiger charge is -2.26. The maximum absolute atomic E-state index is 11.2. The van der Waals surface area contributed by atoms with E-state index < -0.39 is 12.0 Å². The summed E-state index contributed by atoms with van der Waals surface area (Å²) in [4.78, 5) is 17.5. The van der Waals surface area contributed by atoms with E-state index in [0.717, 1.165) is 11.3 Å². The molecule has 1 fully saturated rings. The van der Waals surface area contributed by atoms with Crippen molar-refractivity contribution in [1.29, 1.82) is 0 Å². The molecule has 3 heterocycles. The van der Waals surface area contributed by atoms with Crippen LogP contribution in [0.2, 0.25) is 0 Å². The summed E-state index contributed by atoms with van der Waals surface area (Å²) in [7, 11) is 0. The fourth-order valence-corrected chi connectivity index (χ4v) is 4.35. The Morgan fingerprint density at radius 1 is 1.00 bits per heavy atom. The van der Waals surface area contributed by atoms with Crippen LogP contribution in [-0.4, -0.2) is 26.3 Å². The van der Waals surface area contributed by atoms with Gasteiger partial charge in [-0.05, 0) is 60.7 Å². The predicted octanol–water partition coefficient (Wildman–Crippen LogP) is 4.92. The van der Waals surface area contributed by atoms with Crippen LogP contribution in [0.3, 0.4) is 0 Å². The van der Waals surface area contributed by atoms with E-state index in [1.54, 1.807) is 36.5 Å². The van der Waals surface area contributed by atoms with Crippen molar-refractivity contribution < 1.29 is 19.4 Å². The number of aromatic hydroxyl groups is 1. The summed E-state index contributed by atoms with van der Waals surface area (Å²) in [5, 5.41) is 23.4. The zero-order valence-corrected chi connectivity index (χ0v) is 18.1. The number of aromatic carboxylic acids is 1. The van der Waals surface area contributed by atoms with E-state index in [0.29, 0.717) is 22.3 Å². The Morgan fingerprint density at radius 3 is 2.45 bits per heavy atom. The number of thiocarbonyl (C=S) groups is 1. The number of hydrogen-bond donors (Lipinski definition) is 3. The Labute approximate surface area is 194 Å². The molecule has 3 N–H and O–H groups in total. The van der Waals surface area contributed by atoms with Crippen molar-refractivity contribution in [2.75, 3.05) is 4.90 Å². The van der Waals surface area contributed by atoms with Crippen molar-refractivity contribution in [3.8, 4) is 17.1 Å². The average Bonchev–Trinajstić information content (AvgIpc) is 3.45. The van der Waals surface area contributed by atoms with E-state index in [1.165, 1.54) is 12.1 Å². The summed E-state index contributed by atoms with van der Waals surface area (Å²) < 4.78 is 6.25. The van der Waals surface area contributed by atoms with Gasteiger partial charge in [0.05, 0.1) is 23.0 Å². The summed E-state index contributed by atoms with van der Waals surface area (Å²) >= 11 is 5.65. The average molecular weight is 458 g/mol. The summed E-state index contributed by atoms with van der Waals surface area (Å²) in [5.74, 6) is 0.337. The second-order valence-corrected chi connectivity index (χ2v) is 7.96. The van der Waals surface area contributed by atoms with Crippen LogP contribution < -0.4 is 10.2 Å². The predicted molar refractivity (Wildman–Crippen MR) is 127 cm³/mol. The monoisotopic (exact) mass is 457 g/mol. The maximum Gasteiger partial charge on any atom is 0.335 e. The topological polar surface area (TPSA) is 98.8 Å². The third-order valence-electron chi connectivity index (χ3n) is 5.57. The molecule has 0 radical (unpaired) electrons. The Balaban J connectivity index is 1.58. The van der Waals surface area contributed by atoms with Gasteiger partial charge in [0.2, 0.25) is 0 Å². The molecule has 0 aliphatic carbocycles. The highest BCUT2D eigenvalue weighted by atomic mass is 32.1. The largest absolute Gasteiger partial charge is 0.506 e. The van der Waals surface area contributed by atoms with Gasteiger partial charge in [0.1, 0.15) is 23.3 Å². The van der Waals surface area contributed by atoms with Crippen molar-refractivity contribution in [3.63, 3.8) is 0 Å². The molecule has 2 atom stereocenters. The number of benzene rings is 2. The van der Waals surface area contributed by atoms with Crippen LogP contribution in [0.25, 0.3) is 11.3 Å². The number of aromatic nitrogens is 1. The van der Waals surface area contributed by atoms with Crippen LogP contribution in [0.1, 0.15) is 33.9 Å². The highest BCUT2D eigenvalue weighted by Crippen LogP contribution is 2.45. The second kappa shape index (κ2) is 8.40. The molecule has 1 aliphatic heterocycles. The number of pyridine rings is 1. The van der Waals surface area contributed by atoms with Crippen molar-refractivity contribution in [2.24, 2.45) is 0 Å². The van der Waals surface area contributed by atoms with Crippen LogP contribution in [0.5, 0.6) is 5.75 Å². The number of nitrogens with one attached hydrogen (secondary N) is 1. The van der Waals surface area contributed by atoms with Gasteiger partial charge in [-0.25, -0.2) is 4.79 Å². The zero-order valence-electron chi connectivity index (χ0n) is 17.3. The van der Waals surface area contributed by atoms with E-state index in [4.69, 9.17) is 21.7 Å². The van der Waals surface area contributed by atoms with Gasteiger partial charge in [0, 0.05) is 11.8 Å². The number of carboxylic acid groups (broad SMARTS) is 1. The molecular formula is C25H19N3O4S. The molecule has 8 heteroatoms. The molecule has 0 amide bonds. The molecule has 2 aromatic carbocycles. The Hall–Kier alpha value is -4.17. The van der Waals surface area contributed by atoms with Gasteiger partial charge >= 0.3 is 5.97 Å². The number of carbonyl (C=O) groups is 1. The molecule has 0 bridgehead atoms. The van der Waals surface area contributed by atoms with Gasteiger partial charge in [-0.1, -0.05) is 30.3 Å². The third kappa shape index (κ3) is 3.81. The summed E-state index contributed by atoms with van der Waals surface area (Å²) in [6.45, 7) is 0. The van der Waals surface area contributed by atoms with E-state index in [9.17, 15) is 9.90 Å². The quantitative estimate of drug-likeness (QED) is 0.363. The summed E-state index contributed by atoms with van der Waals surface area (Å²) in [6.07, 6.45) is 1.72. The molecule has 7 nitrogen and oxygen atoms in total. The first kappa shape index (κ1) is 20.7. The zero-order chi connectivity index (χ0) is 22.9. The fourth-order valence-electron chi connectivity index (χ4n) is 4.02. The Kier molecular flexibility index (Phi) is 5.27. The molecule has 2 aromatic heterocycles.